The number of sulfonamides is 1. The fourth-order valence-corrected chi connectivity index (χ4v) is 4.32. The molecule has 1 saturated heterocycles. The number of halogens is 2. The van der Waals surface area contributed by atoms with Crippen LogP contribution in [0.25, 0.3) is 0 Å². The van der Waals surface area contributed by atoms with Crippen molar-refractivity contribution in [2.24, 2.45) is 0 Å². The summed E-state index contributed by atoms with van der Waals surface area (Å²) in [6.45, 7) is 5.56. The maximum atomic E-state index is 13.3. The topological polar surface area (TPSA) is 107 Å². The van der Waals surface area contributed by atoms with Gasteiger partial charge in [0, 0.05) is 38.4 Å². The Balaban J connectivity index is 1.37. The van der Waals surface area contributed by atoms with Crippen molar-refractivity contribution in [1.29, 1.82) is 0 Å². The summed E-state index contributed by atoms with van der Waals surface area (Å²) >= 11 is 0. The Morgan fingerprint density at radius 2 is 1.81 bits per heavy atom. The lowest BCUT2D eigenvalue weighted by atomic mass is 10.3. The van der Waals surface area contributed by atoms with E-state index in [1.54, 1.807) is 6.07 Å². The first kappa shape index (κ1) is 21.1. The van der Waals surface area contributed by atoms with Crippen LogP contribution >= 0.6 is 0 Å². The minimum absolute atomic E-state index is 0.0977. The van der Waals surface area contributed by atoms with Crippen molar-refractivity contribution in [2.45, 2.75) is 18.4 Å². The average molecular weight is 449 g/mol. The normalized spacial score (nSPS) is 15.3. The number of aromatic nitrogens is 4. The van der Waals surface area contributed by atoms with Crippen LogP contribution in [0.2, 0.25) is 0 Å². The number of nitrogens with zero attached hydrogens (tertiary/aromatic N) is 5. The quantitative estimate of drug-likeness (QED) is 0.592. The molecule has 0 unspecified atom stereocenters. The van der Waals surface area contributed by atoms with Crippen LogP contribution in [0.1, 0.15) is 11.6 Å². The summed E-state index contributed by atoms with van der Waals surface area (Å²) in [5.74, 6) is 0.449. The van der Waals surface area contributed by atoms with Crippen LogP contribution in [0.15, 0.2) is 41.4 Å². The van der Waals surface area contributed by atoms with Crippen molar-refractivity contribution in [3.05, 3.63) is 59.8 Å². The first-order valence-electron chi connectivity index (χ1n) is 9.59. The fourth-order valence-electron chi connectivity index (χ4n) is 3.34. The highest BCUT2D eigenvalue weighted by Gasteiger charge is 2.21. The van der Waals surface area contributed by atoms with Gasteiger partial charge in [0.05, 0.1) is 12.2 Å². The molecule has 0 radical (unpaired) electrons. The number of rotatable bonds is 6. The van der Waals surface area contributed by atoms with Crippen LogP contribution in [0.5, 0.6) is 0 Å². The number of H-pyrrole nitrogens is 1. The van der Waals surface area contributed by atoms with E-state index in [2.05, 4.69) is 34.7 Å². The predicted octanol–water partition coefficient (Wildman–Crippen LogP) is 1.91. The van der Waals surface area contributed by atoms with E-state index in [-0.39, 0.29) is 10.6 Å². The third kappa shape index (κ3) is 5.14. The van der Waals surface area contributed by atoms with Crippen LogP contribution in [-0.2, 0) is 16.6 Å². The number of nitrogens with one attached hydrogen (secondary N) is 2. The number of piperazine rings is 1. The maximum Gasteiger partial charge on any atom is 0.263 e. The zero-order valence-electron chi connectivity index (χ0n) is 16.7. The van der Waals surface area contributed by atoms with Gasteiger partial charge in [-0.15, -0.1) is 0 Å². The first-order valence-corrected chi connectivity index (χ1v) is 11.1. The number of benzene rings is 1. The number of hydrogen-bond acceptors (Lipinski definition) is 7. The Kier molecular flexibility index (Phi) is 5.83. The van der Waals surface area contributed by atoms with Crippen molar-refractivity contribution in [2.75, 3.05) is 35.8 Å². The van der Waals surface area contributed by atoms with E-state index < -0.39 is 21.7 Å². The molecule has 0 saturated carbocycles. The van der Waals surface area contributed by atoms with Gasteiger partial charge in [-0.1, -0.05) is 0 Å². The van der Waals surface area contributed by atoms with Crippen molar-refractivity contribution < 1.29 is 17.2 Å². The third-order valence-corrected chi connectivity index (χ3v) is 6.22. The summed E-state index contributed by atoms with van der Waals surface area (Å²) in [7, 11) is -4.03. The van der Waals surface area contributed by atoms with Crippen molar-refractivity contribution in [3.8, 4) is 0 Å². The molecule has 4 rings (SSSR count). The van der Waals surface area contributed by atoms with Gasteiger partial charge in [0.1, 0.15) is 28.2 Å². The van der Waals surface area contributed by atoms with Gasteiger partial charge in [-0.3, -0.25) is 14.7 Å². The third-order valence-electron chi connectivity index (χ3n) is 4.85. The number of hydrogen-bond donors (Lipinski definition) is 2. The van der Waals surface area contributed by atoms with Crippen LogP contribution in [0.4, 0.5) is 20.3 Å². The summed E-state index contributed by atoms with van der Waals surface area (Å²) < 4.78 is 53.8. The largest absolute Gasteiger partial charge is 0.354 e. The number of anilines is 2. The molecule has 1 aliphatic heterocycles. The molecule has 3 heterocycles. The smallest absolute Gasteiger partial charge is 0.263 e. The molecule has 0 spiro atoms. The first-order chi connectivity index (χ1) is 14.8. The van der Waals surface area contributed by atoms with Gasteiger partial charge < -0.3 is 4.90 Å². The van der Waals surface area contributed by atoms with E-state index in [0.717, 1.165) is 50.0 Å². The Morgan fingerprint density at radius 3 is 2.39 bits per heavy atom. The van der Waals surface area contributed by atoms with Gasteiger partial charge >= 0.3 is 0 Å². The van der Waals surface area contributed by atoms with Gasteiger partial charge in [-0.05, 0) is 31.2 Å². The molecule has 9 nitrogen and oxygen atoms in total. The summed E-state index contributed by atoms with van der Waals surface area (Å²) in [4.78, 5) is 12.8. The van der Waals surface area contributed by atoms with Gasteiger partial charge in [0.15, 0.2) is 5.82 Å². The van der Waals surface area contributed by atoms with Gasteiger partial charge in [-0.25, -0.2) is 27.2 Å². The average Bonchev–Trinajstić information content (AvgIpc) is 3.12. The molecule has 2 N–H and O–H groups in total. The monoisotopic (exact) mass is 449 g/mol. The Bertz CT molecular complexity index is 1140. The van der Waals surface area contributed by atoms with E-state index in [0.29, 0.717) is 18.4 Å². The Hall–Kier alpha value is -3.12. The minimum Gasteiger partial charge on any atom is -0.354 e. The Labute approximate surface area is 178 Å². The van der Waals surface area contributed by atoms with Crippen LogP contribution in [0, 0.1) is 18.6 Å². The molecule has 1 aromatic carbocycles. The SMILES string of the molecule is Cc1nc(CN2CCN(c3ccc(S(=O)(=O)Nc4cc(F)cc(F)c4)cn3)CC2)n[nH]1. The highest BCUT2D eigenvalue weighted by atomic mass is 32.2. The van der Waals surface area contributed by atoms with Crippen molar-refractivity contribution in [1.82, 2.24) is 25.1 Å². The molecular formula is C19H21F2N7O2S. The zero-order chi connectivity index (χ0) is 22.0. The predicted molar refractivity (Wildman–Crippen MR) is 110 cm³/mol. The molecule has 0 aliphatic carbocycles. The van der Waals surface area contributed by atoms with Gasteiger partial charge in [-0.2, -0.15) is 5.10 Å². The number of pyridine rings is 1. The van der Waals surface area contributed by atoms with Crippen LogP contribution in [0.3, 0.4) is 0 Å². The second kappa shape index (κ2) is 8.55. The molecule has 1 fully saturated rings. The van der Waals surface area contributed by atoms with E-state index >= 15 is 0 Å². The molecule has 0 amide bonds. The summed E-state index contributed by atoms with van der Waals surface area (Å²) in [6.07, 6.45) is 1.23. The second-order valence-corrected chi connectivity index (χ2v) is 8.90. The van der Waals surface area contributed by atoms with Gasteiger partial charge in [0.2, 0.25) is 0 Å². The van der Waals surface area contributed by atoms with Crippen LogP contribution in [-0.4, -0.2) is 59.7 Å². The molecule has 164 valence electrons. The standard InChI is InChI=1S/C19H21F2N7O2S/c1-13-23-18(25-24-13)12-27-4-6-28(7-5-27)19-3-2-17(11-22-19)31(29,30)26-16-9-14(20)8-15(21)10-16/h2-3,8-11,26H,4-7,12H2,1H3,(H,23,24,25). The highest BCUT2D eigenvalue weighted by molar-refractivity contribution is 7.92. The van der Waals surface area contributed by atoms with Crippen molar-refractivity contribution in [3.63, 3.8) is 0 Å². The number of aromatic amines is 1. The molecule has 1 aliphatic rings. The lowest BCUT2D eigenvalue weighted by Gasteiger charge is -2.34. The molecule has 2 aromatic heterocycles. The molecule has 12 heteroatoms. The molecule has 31 heavy (non-hydrogen) atoms. The van der Waals surface area contributed by atoms with Gasteiger partial charge in [0.25, 0.3) is 10.0 Å². The zero-order valence-corrected chi connectivity index (χ0v) is 17.5. The highest BCUT2D eigenvalue weighted by Crippen LogP contribution is 2.20. The minimum atomic E-state index is -4.03. The fraction of sp³-hybridized carbons (Fsp3) is 0.316. The maximum absolute atomic E-state index is 13.3. The lowest BCUT2D eigenvalue weighted by Crippen LogP contribution is -2.46. The summed E-state index contributed by atoms with van der Waals surface area (Å²) in [5.41, 5.74) is -0.195. The molecule has 0 bridgehead atoms. The summed E-state index contributed by atoms with van der Waals surface area (Å²) in [5, 5.41) is 6.98. The van der Waals surface area contributed by atoms with E-state index in [4.69, 9.17) is 0 Å². The van der Waals surface area contributed by atoms with E-state index in [1.807, 2.05) is 6.92 Å². The Morgan fingerprint density at radius 1 is 1.10 bits per heavy atom. The molecule has 0 atom stereocenters. The van der Waals surface area contributed by atoms with Crippen molar-refractivity contribution >= 4 is 21.5 Å². The molecular weight excluding hydrogens is 428 g/mol. The number of aryl methyl sites for hydroxylation is 1. The lowest BCUT2D eigenvalue weighted by molar-refractivity contribution is 0.243. The van der Waals surface area contributed by atoms with E-state index in [9.17, 15) is 17.2 Å². The van der Waals surface area contributed by atoms with E-state index in [1.165, 1.54) is 12.3 Å². The molecule has 3 aromatic rings. The van der Waals surface area contributed by atoms with Crippen LogP contribution < -0.4 is 9.62 Å². The summed E-state index contributed by atoms with van der Waals surface area (Å²) in [6, 6.07) is 5.52. The second-order valence-electron chi connectivity index (χ2n) is 7.22.